The van der Waals surface area contributed by atoms with Gasteiger partial charge in [-0.2, -0.15) is 0 Å². The Kier molecular flexibility index (Phi) is 3.54. The highest BCUT2D eigenvalue weighted by Gasteiger charge is 2.36. The van der Waals surface area contributed by atoms with Gasteiger partial charge < -0.3 is 9.67 Å². The third-order valence-corrected chi connectivity index (χ3v) is 5.30. The van der Waals surface area contributed by atoms with Crippen LogP contribution in [0.2, 0.25) is 0 Å². The van der Waals surface area contributed by atoms with Crippen molar-refractivity contribution in [2.45, 2.75) is 36.9 Å². The van der Waals surface area contributed by atoms with Crippen LogP contribution in [0.3, 0.4) is 0 Å². The van der Waals surface area contributed by atoms with Gasteiger partial charge in [0, 0.05) is 10.0 Å². The Morgan fingerprint density at radius 2 is 2.30 bits per heavy atom. The molecule has 20 heavy (non-hydrogen) atoms. The lowest BCUT2D eigenvalue weighted by Gasteiger charge is -2.41. The van der Waals surface area contributed by atoms with Crippen molar-refractivity contribution < 1.29 is 9.90 Å². The van der Waals surface area contributed by atoms with Crippen molar-refractivity contribution >= 4 is 44.7 Å². The Bertz CT molecular complexity index is 679. The standard InChI is InChI=1S/C14H15BrN2O2S/c1-14(5-2-6-14)17-11-7-9(15)3-4-10(11)16-13(17)20-8-12(18)19/h3-4,7H,2,5-6,8H2,1H3,(H,18,19). The minimum Gasteiger partial charge on any atom is -0.481 e. The van der Waals surface area contributed by atoms with Crippen LogP contribution >= 0.6 is 27.7 Å². The predicted octanol–water partition coefficient (Wildman–Crippen LogP) is 3.87. The second kappa shape index (κ2) is 5.07. The molecule has 1 aliphatic carbocycles. The number of carbonyl (C=O) groups is 1. The van der Waals surface area contributed by atoms with E-state index < -0.39 is 5.97 Å². The third kappa shape index (κ3) is 2.35. The van der Waals surface area contributed by atoms with Gasteiger partial charge in [-0.25, -0.2) is 4.98 Å². The SMILES string of the molecule is CC1(n2c(SCC(=O)O)nc3ccc(Br)cc32)CCC1. The van der Waals surface area contributed by atoms with Gasteiger partial charge in [0.25, 0.3) is 0 Å². The average molecular weight is 355 g/mol. The smallest absolute Gasteiger partial charge is 0.313 e. The van der Waals surface area contributed by atoms with Crippen LogP contribution in [-0.2, 0) is 10.3 Å². The lowest BCUT2D eigenvalue weighted by Crippen LogP contribution is -2.37. The number of fused-ring (bicyclic) bond motifs is 1. The number of carboxylic acid groups (broad SMARTS) is 1. The van der Waals surface area contributed by atoms with Crippen LogP contribution in [0.25, 0.3) is 11.0 Å². The summed E-state index contributed by atoms with van der Waals surface area (Å²) < 4.78 is 3.24. The summed E-state index contributed by atoms with van der Waals surface area (Å²) in [5.74, 6) is -0.769. The van der Waals surface area contributed by atoms with Gasteiger partial charge in [0.05, 0.1) is 16.8 Å². The van der Waals surface area contributed by atoms with Crippen LogP contribution in [-0.4, -0.2) is 26.4 Å². The number of nitrogens with zero attached hydrogens (tertiary/aromatic N) is 2. The highest BCUT2D eigenvalue weighted by molar-refractivity contribution is 9.10. The van der Waals surface area contributed by atoms with E-state index in [9.17, 15) is 4.79 Å². The number of thioether (sulfide) groups is 1. The third-order valence-electron chi connectivity index (χ3n) is 3.88. The maximum absolute atomic E-state index is 10.8. The second-order valence-corrected chi connectivity index (χ2v) is 7.25. The monoisotopic (exact) mass is 354 g/mol. The fourth-order valence-electron chi connectivity index (χ4n) is 2.68. The van der Waals surface area contributed by atoms with E-state index in [2.05, 4.69) is 38.5 Å². The number of aromatic nitrogens is 2. The number of halogens is 1. The van der Waals surface area contributed by atoms with E-state index >= 15 is 0 Å². The molecular formula is C14H15BrN2O2S. The topological polar surface area (TPSA) is 55.1 Å². The van der Waals surface area contributed by atoms with Crippen molar-refractivity contribution in [1.82, 2.24) is 9.55 Å². The van der Waals surface area contributed by atoms with Crippen molar-refractivity contribution in [1.29, 1.82) is 0 Å². The molecule has 106 valence electrons. The minimum absolute atomic E-state index is 0.0422. The van der Waals surface area contributed by atoms with Crippen molar-refractivity contribution in [2.24, 2.45) is 0 Å². The number of rotatable bonds is 4. The Balaban J connectivity index is 2.12. The minimum atomic E-state index is -0.812. The predicted molar refractivity (Wildman–Crippen MR) is 83.3 cm³/mol. The van der Waals surface area contributed by atoms with Gasteiger partial charge in [0.15, 0.2) is 5.16 Å². The molecule has 1 aromatic carbocycles. The molecule has 1 N–H and O–H groups in total. The van der Waals surface area contributed by atoms with E-state index in [1.807, 2.05) is 12.1 Å². The molecule has 0 atom stereocenters. The molecule has 1 aliphatic rings. The molecule has 0 saturated heterocycles. The molecule has 0 amide bonds. The molecule has 1 heterocycles. The van der Waals surface area contributed by atoms with Gasteiger partial charge in [-0.3, -0.25) is 4.79 Å². The number of carboxylic acids is 1. The zero-order valence-electron chi connectivity index (χ0n) is 11.1. The summed E-state index contributed by atoms with van der Waals surface area (Å²) in [5.41, 5.74) is 2.07. The van der Waals surface area contributed by atoms with E-state index in [1.54, 1.807) is 0 Å². The van der Waals surface area contributed by atoms with E-state index in [-0.39, 0.29) is 11.3 Å². The first-order chi connectivity index (χ1) is 9.49. The van der Waals surface area contributed by atoms with Gasteiger partial charge in [-0.1, -0.05) is 27.7 Å². The molecule has 0 spiro atoms. The van der Waals surface area contributed by atoms with Gasteiger partial charge >= 0.3 is 5.97 Å². The van der Waals surface area contributed by atoms with Crippen LogP contribution in [0, 0.1) is 0 Å². The Morgan fingerprint density at radius 1 is 1.55 bits per heavy atom. The van der Waals surface area contributed by atoms with Gasteiger partial charge in [0.2, 0.25) is 0 Å². The molecule has 2 aromatic rings. The van der Waals surface area contributed by atoms with Crippen molar-refractivity contribution in [3.8, 4) is 0 Å². The largest absolute Gasteiger partial charge is 0.481 e. The first-order valence-corrected chi connectivity index (χ1v) is 8.30. The van der Waals surface area contributed by atoms with Crippen molar-refractivity contribution in [3.05, 3.63) is 22.7 Å². The molecule has 1 aromatic heterocycles. The molecule has 1 fully saturated rings. The van der Waals surface area contributed by atoms with Crippen LogP contribution in [0.4, 0.5) is 0 Å². The molecule has 4 nitrogen and oxygen atoms in total. The number of aliphatic carboxylic acids is 1. The zero-order chi connectivity index (χ0) is 14.3. The summed E-state index contributed by atoms with van der Waals surface area (Å²) in [6.45, 7) is 2.23. The molecule has 0 unspecified atom stereocenters. The maximum Gasteiger partial charge on any atom is 0.313 e. The summed E-state index contributed by atoms with van der Waals surface area (Å²) >= 11 is 4.80. The number of hydrogen-bond acceptors (Lipinski definition) is 3. The van der Waals surface area contributed by atoms with E-state index in [1.165, 1.54) is 18.2 Å². The molecule has 1 saturated carbocycles. The van der Waals surface area contributed by atoms with E-state index in [0.717, 1.165) is 33.5 Å². The molecule has 0 aliphatic heterocycles. The highest BCUT2D eigenvalue weighted by atomic mass is 79.9. The lowest BCUT2D eigenvalue weighted by atomic mass is 9.78. The molecule has 0 bridgehead atoms. The second-order valence-electron chi connectivity index (χ2n) is 5.40. The van der Waals surface area contributed by atoms with Gasteiger partial charge in [-0.05, 0) is 44.4 Å². The first-order valence-electron chi connectivity index (χ1n) is 6.53. The lowest BCUT2D eigenvalue weighted by molar-refractivity contribution is -0.133. The first kappa shape index (κ1) is 13.9. The van der Waals surface area contributed by atoms with Crippen LogP contribution in [0.15, 0.2) is 27.8 Å². The van der Waals surface area contributed by atoms with E-state index in [0.29, 0.717) is 0 Å². The van der Waals surface area contributed by atoms with Gasteiger partial charge in [-0.15, -0.1) is 0 Å². The van der Waals surface area contributed by atoms with Crippen LogP contribution in [0.5, 0.6) is 0 Å². The number of hydrogen-bond donors (Lipinski definition) is 1. The summed E-state index contributed by atoms with van der Waals surface area (Å²) in [6, 6.07) is 6.01. The summed E-state index contributed by atoms with van der Waals surface area (Å²) in [6.07, 6.45) is 3.45. The van der Waals surface area contributed by atoms with Crippen molar-refractivity contribution in [3.63, 3.8) is 0 Å². The summed E-state index contributed by atoms with van der Waals surface area (Å²) in [5, 5.41) is 9.70. The maximum atomic E-state index is 10.8. The quantitative estimate of drug-likeness (QED) is 0.846. The Hall–Kier alpha value is -1.01. The molecule has 6 heteroatoms. The zero-order valence-corrected chi connectivity index (χ0v) is 13.5. The summed E-state index contributed by atoms with van der Waals surface area (Å²) in [7, 11) is 0. The summed E-state index contributed by atoms with van der Waals surface area (Å²) in [4.78, 5) is 15.4. The number of imidazole rings is 1. The van der Waals surface area contributed by atoms with Crippen LogP contribution < -0.4 is 0 Å². The molecular weight excluding hydrogens is 340 g/mol. The Labute approximate surface area is 129 Å². The van der Waals surface area contributed by atoms with E-state index in [4.69, 9.17) is 5.11 Å². The normalized spacial score (nSPS) is 17.1. The Morgan fingerprint density at radius 3 is 2.90 bits per heavy atom. The molecule has 0 radical (unpaired) electrons. The van der Waals surface area contributed by atoms with Crippen molar-refractivity contribution in [2.75, 3.05) is 5.75 Å². The number of benzene rings is 1. The average Bonchev–Trinajstić information content (AvgIpc) is 2.71. The fraction of sp³-hybridized carbons (Fsp3) is 0.429. The van der Waals surface area contributed by atoms with Gasteiger partial charge in [0.1, 0.15) is 0 Å². The molecule has 3 rings (SSSR count). The highest BCUT2D eigenvalue weighted by Crippen LogP contribution is 2.43. The fourth-order valence-corrected chi connectivity index (χ4v) is 3.90. The van der Waals surface area contributed by atoms with Crippen LogP contribution in [0.1, 0.15) is 26.2 Å².